The van der Waals surface area contributed by atoms with Crippen LogP contribution < -0.4 is 10.1 Å². The lowest BCUT2D eigenvalue weighted by molar-refractivity contribution is -0.138. The number of benzene rings is 1. The fraction of sp³-hybridized carbons (Fsp3) is 0.600. The van der Waals surface area contributed by atoms with E-state index in [0.29, 0.717) is 24.4 Å². The van der Waals surface area contributed by atoms with Gasteiger partial charge < -0.3 is 15.2 Å². The normalized spacial score (nSPS) is 16.7. The molecule has 1 aliphatic rings. The van der Waals surface area contributed by atoms with Crippen LogP contribution in [0.1, 0.15) is 24.4 Å². The summed E-state index contributed by atoms with van der Waals surface area (Å²) in [4.78, 5) is 1.99. The summed E-state index contributed by atoms with van der Waals surface area (Å²) >= 11 is 0. The summed E-state index contributed by atoms with van der Waals surface area (Å²) in [6.45, 7) is 2.79. The van der Waals surface area contributed by atoms with E-state index in [1.54, 1.807) is 12.1 Å². The molecule has 2 rings (SSSR count). The molecule has 0 spiro atoms. The zero-order chi connectivity index (χ0) is 16.2. The van der Waals surface area contributed by atoms with Gasteiger partial charge in [-0.2, -0.15) is 13.2 Å². The van der Waals surface area contributed by atoms with Crippen LogP contribution in [0.4, 0.5) is 13.2 Å². The van der Waals surface area contributed by atoms with Crippen molar-refractivity contribution in [3.8, 4) is 11.5 Å². The van der Waals surface area contributed by atoms with Gasteiger partial charge in [0, 0.05) is 50.3 Å². The number of hydrogen-bond donors (Lipinski definition) is 2. The third kappa shape index (κ3) is 6.55. The average Bonchev–Trinajstić information content (AvgIpc) is 2.48. The summed E-state index contributed by atoms with van der Waals surface area (Å²) in [6.07, 6.45) is -5.13. The molecule has 1 aromatic carbocycles. The first kappa shape index (κ1) is 23.1. The molecule has 4 nitrogen and oxygen atoms in total. The number of nitrogens with zero attached hydrogens (tertiary/aromatic N) is 1. The van der Waals surface area contributed by atoms with E-state index >= 15 is 0 Å². The molecule has 1 aromatic rings. The van der Waals surface area contributed by atoms with E-state index in [1.807, 2.05) is 4.90 Å². The first-order valence-corrected chi connectivity index (χ1v) is 7.29. The minimum absolute atomic E-state index is 0. The molecule has 1 heterocycles. The molecule has 1 aliphatic heterocycles. The molecule has 1 fully saturated rings. The molecule has 0 saturated carbocycles. The smallest absolute Gasteiger partial charge is 0.389 e. The molecule has 0 bridgehead atoms. The minimum atomic E-state index is -4.20. The summed E-state index contributed by atoms with van der Waals surface area (Å²) in [6, 6.07) is 4.31. The highest BCUT2D eigenvalue weighted by Crippen LogP contribution is 2.37. The van der Waals surface area contributed by atoms with E-state index < -0.39 is 18.6 Å². The molecule has 0 aliphatic carbocycles. The Kier molecular flexibility index (Phi) is 9.80. The third-order valence-corrected chi connectivity index (χ3v) is 3.89. The van der Waals surface area contributed by atoms with Gasteiger partial charge in [0.05, 0.1) is 7.11 Å². The lowest BCUT2D eigenvalue weighted by Crippen LogP contribution is -2.45. The summed E-state index contributed by atoms with van der Waals surface area (Å²) in [7, 11) is 1.48. The molecule has 140 valence electrons. The molecular weight excluding hydrogens is 368 g/mol. The van der Waals surface area contributed by atoms with Crippen molar-refractivity contribution in [2.75, 3.05) is 33.3 Å². The topological polar surface area (TPSA) is 44.7 Å². The van der Waals surface area contributed by atoms with Crippen LogP contribution in [0.2, 0.25) is 0 Å². The van der Waals surface area contributed by atoms with Crippen molar-refractivity contribution in [3.05, 3.63) is 23.8 Å². The van der Waals surface area contributed by atoms with Crippen molar-refractivity contribution in [2.45, 2.75) is 25.1 Å². The van der Waals surface area contributed by atoms with Crippen molar-refractivity contribution in [3.63, 3.8) is 0 Å². The van der Waals surface area contributed by atoms with Crippen LogP contribution in [0.25, 0.3) is 0 Å². The molecule has 0 aromatic heterocycles. The Morgan fingerprint density at radius 3 is 2.38 bits per heavy atom. The quantitative estimate of drug-likeness (QED) is 0.806. The van der Waals surface area contributed by atoms with Gasteiger partial charge in [-0.1, -0.05) is 6.07 Å². The lowest BCUT2D eigenvalue weighted by Gasteiger charge is -2.35. The van der Waals surface area contributed by atoms with Crippen LogP contribution in [-0.4, -0.2) is 49.5 Å². The van der Waals surface area contributed by atoms with E-state index in [0.717, 1.165) is 13.1 Å². The second-order valence-corrected chi connectivity index (χ2v) is 5.38. The first-order chi connectivity index (χ1) is 10.4. The van der Waals surface area contributed by atoms with Gasteiger partial charge in [-0.25, -0.2) is 0 Å². The van der Waals surface area contributed by atoms with Crippen molar-refractivity contribution in [1.82, 2.24) is 10.2 Å². The number of phenolic OH excluding ortho intramolecular Hbond substituents is 1. The molecular formula is C15H23Cl2F3N2O2. The van der Waals surface area contributed by atoms with E-state index in [1.165, 1.54) is 13.2 Å². The highest BCUT2D eigenvalue weighted by Gasteiger charge is 2.32. The largest absolute Gasteiger partial charge is 0.507 e. The average molecular weight is 391 g/mol. The fourth-order valence-corrected chi connectivity index (χ4v) is 2.76. The molecule has 0 unspecified atom stereocenters. The predicted molar refractivity (Wildman–Crippen MR) is 91.6 cm³/mol. The number of halogens is 5. The fourth-order valence-electron chi connectivity index (χ4n) is 2.76. The molecule has 1 atom stereocenters. The first-order valence-electron chi connectivity index (χ1n) is 7.29. The number of alkyl halides is 3. The Hall–Kier alpha value is -0.890. The van der Waals surface area contributed by atoms with E-state index in [-0.39, 0.29) is 37.0 Å². The number of hydrogen-bond acceptors (Lipinski definition) is 4. The third-order valence-electron chi connectivity index (χ3n) is 3.89. The molecule has 1 saturated heterocycles. The van der Waals surface area contributed by atoms with Crippen LogP contribution >= 0.6 is 24.8 Å². The number of methoxy groups -OCH3 is 1. The Bertz CT molecular complexity index is 498. The zero-order valence-corrected chi connectivity index (χ0v) is 14.9. The summed E-state index contributed by atoms with van der Waals surface area (Å²) in [5.41, 5.74) is 0.520. The highest BCUT2D eigenvalue weighted by molar-refractivity contribution is 5.85. The van der Waals surface area contributed by atoms with Gasteiger partial charge in [-0.3, -0.25) is 4.90 Å². The Labute approximate surface area is 152 Å². The maximum atomic E-state index is 12.6. The maximum Gasteiger partial charge on any atom is 0.389 e. The molecule has 0 amide bonds. The van der Waals surface area contributed by atoms with E-state index in [4.69, 9.17) is 4.74 Å². The van der Waals surface area contributed by atoms with E-state index in [2.05, 4.69) is 5.32 Å². The van der Waals surface area contributed by atoms with Gasteiger partial charge in [0.2, 0.25) is 0 Å². The van der Waals surface area contributed by atoms with Crippen LogP contribution in [-0.2, 0) is 0 Å². The number of phenols is 1. The van der Waals surface area contributed by atoms with Crippen molar-refractivity contribution < 1.29 is 23.0 Å². The van der Waals surface area contributed by atoms with Crippen molar-refractivity contribution >= 4 is 24.8 Å². The van der Waals surface area contributed by atoms with Crippen LogP contribution in [0.15, 0.2) is 18.2 Å². The number of ether oxygens (including phenoxy) is 1. The Morgan fingerprint density at radius 2 is 1.88 bits per heavy atom. The minimum Gasteiger partial charge on any atom is -0.507 e. The van der Waals surface area contributed by atoms with Crippen molar-refractivity contribution in [2.24, 2.45) is 0 Å². The Balaban J connectivity index is 0.00000264. The highest BCUT2D eigenvalue weighted by atomic mass is 35.5. The molecule has 24 heavy (non-hydrogen) atoms. The van der Waals surface area contributed by atoms with Crippen LogP contribution in [0.3, 0.4) is 0 Å². The molecule has 0 radical (unpaired) electrons. The van der Waals surface area contributed by atoms with Gasteiger partial charge in [0.15, 0.2) is 0 Å². The standard InChI is InChI=1S/C15H21F3N2O2.2ClH/c1-22-11-2-3-12(14(21)10-11)13(4-5-15(16,17)18)20-8-6-19-7-9-20;;/h2-3,10,13,19,21H,4-9H2,1H3;2*1H/t13-;;/m1../s1. The monoisotopic (exact) mass is 390 g/mol. The number of piperazine rings is 1. The number of nitrogens with one attached hydrogen (secondary N) is 1. The lowest BCUT2D eigenvalue weighted by atomic mass is 9.98. The maximum absolute atomic E-state index is 12.6. The van der Waals surface area contributed by atoms with Crippen molar-refractivity contribution in [1.29, 1.82) is 0 Å². The van der Waals surface area contributed by atoms with Gasteiger partial charge in [0.25, 0.3) is 0 Å². The van der Waals surface area contributed by atoms with E-state index in [9.17, 15) is 18.3 Å². The zero-order valence-electron chi connectivity index (χ0n) is 13.3. The predicted octanol–water partition coefficient (Wildman–Crippen LogP) is 3.53. The number of aromatic hydroxyl groups is 1. The SMILES string of the molecule is COc1ccc([C@@H](CCC(F)(F)F)N2CCNCC2)c(O)c1.Cl.Cl. The van der Waals surface area contributed by atoms with Gasteiger partial charge in [-0.15, -0.1) is 24.8 Å². The molecule has 9 heteroatoms. The second kappa shape index (κ2) is 10.2. The van der Waals surface area contributed by atoms with Gasteiger partial charge in [0.1, 0.15) is 11.5 Å². The summed E-state index contributed by atoms with van der Waals surface area (Å²) < 4.78 is 42.8. The van der Waals surface area contributed by atoms with Crippen LogP contribution in [0.5, 0.6) is 11.5 Å². The summed E-state index contributed by atoms with van der Waals surface area (Å²) in [5.74, 6) is 0.459. The van der Waals surface area contributed by atoms with Gasteiger partial charge >= 0.3 is 6.18 Å². The Morgan fingerprint density at radius 1 is 1.25 bits per heavy atom. The summed E-state index contributed by atoms with van der Waals surface area (Å²) in [5, 5.41) is 13.3. The van der Waals surface area contributed by atoms with Gasteiger partial charge in [-0.05, 0) is 12.5 Å². The number of rotatable bonds is 5. The second-order valence-electron chi connectivity index (χ2n) is 5.38. The van der Waals surface area contributed by atoms with Crippen LogP contribution in [0, 0.1) is 0 Å². The molecule has 2 N–H and O–H groups in total.